The second-order valence-corrected chi connectivity index (χ2v) is 5.08. The molecule has 20 heavy (non-hydrogen) atoms. The number of aliphatic carboxylic acids is 1. The van der Waals surface area contributed by atoms with Gasteiger partial charge in [-0.15, -0.1) is 0 Å². The van der Waals surface area contributed by atoms with Crippen LogP contribution in [0.15, 0.2) is 24.3 Å². The van der Waals surface area contributed by atoms with Gasteiger partial charge in [-0.1, -0.05) is 18.2 Å². The molecule has 1 heterocycles. The van der Waals surface area contributed by atoms with E-state index in [1.54, 1.807) is 6.07 Å². The molecule has 0 bridgehead atoms. The average molecular weight is 281 g/mol. The molecule has 1 fully saturated rings. The van der Waals surface area contributed by atoms with Crippen LogP contribution in [0.1, 0.15) is 24.8 Å². The van der Waals surface area contributed by atoms with E-state index in [-0.39, 0.29) is 24.9 Å². The van der Waals surface area contributed by atoms with Crippen LogP contribution in [0.5, 0.6) is 0 Å². The summed E-state index contributed by atoms with van der Waals surface area (Å²) >= 11 is 0. The van der Waals surface area contributed by atoms with E-state index in [0.717, 1.165) is 31.5 Å². The summed E-state index contributed by atoms with van der Waals surface area (Å²) < 4.78 is 19.1. The minimum absolute atomic E-state index is 0.0510. The fourth-order valence-electron chi connectivity index (χ4n) is 2.41. The van der Waals surface area contributed by atoms with Gasteiger partial charge in [0.05, 0.1) is 19.1 Å². The van der Waals surface area contributed by atoms with E-state index in [1.807, 2.05) is 12.1 Å². The minimum atomic E-state index is -0.831. The van der Waals surface area contributed by atoms with Crippen molar-refractivity contribution in [3.8, 4) is 0 Å². The van der Waals surface area contributed by atoms with Crippen molar-refractivity contribution < 1.29 is 19.0 Å². The number of hydrogen-bond donors (Lipinski definition) is 1. The summed E-state index contributed by atoms with van der Waals surface area (Å²) in [6, 6.07) is 6.84. The Kier molecular flexibility index (Phi) is 5.49. The lowest BCUT2D eigenvalue weighted by Gasteiger charge is -2.31. The van der Waals surface area contributed by atoms with E-state index in [1.165, 1.54) is 6.07 Å². The van der Waals surface area contributed by atoms with Crippen LogP contribution >= 0.6 is 0 Å². The highest BCUT2D eigenvalue weighted by atomic mass is 19.1. The zero-order valence-corrected chi connectivity index (χ0v) is 11.4. The Morgan fingerprint density at radius 2 is 2.05 bits per heavy atom. The Morgan fingerprint density at radius 3 is 2.70 bits per heavy atom. The first-order valence-corrected chi connectivity index (χ1v) is 6.94. The SMILES string of the molecule is O=C(O)CCOC1CCN(Cc2ccccc2F)CC1. The number of likely N-dealkylation sites (tertiary alicyclic amines) is 1. The Bertz CT molecular complexity index is 444. The second-order valence-electron chi connectivity index (χ2n) is 5.08. The molecule has 1 aliphatic heterocycles. The summed E-state index contributed by atoms with van der Waals surface area (Å²) in [5.74, 6) is -0.991. The lowest BCUT2D eigenvalue weighted by Crippen LogP contribution is -2.37. The molecule has 0 amide bonds. The maximum Gasteiger partial charge on any atom is 0.305 e. The van der Waals surface area contributed by atoms with Gasteiger partial charge in [-0.05, 0) is 18.9 Å². The van der Waals surface area contributed by atoms with E-state index < -0.39 is 5.97 Å². The van der Waals surface area contributed by atoms with Gasteiger partial charge in [0.25, 0.3) is 0 Å². The van der Waals surface area contributed by atoms with Crippen LogP contribution < -0.4 is 0 Å². The van der Waals surface area contributed by atoms with E-state index >= 15 is 0 Å². The molecule has 0 atom stereocenters. The highest BCUT2D eigenvalue weighted by molar-refractivity contribution is 5.66. The molecule has 0 aromatic heterocycles. The summed E-state index contributed by atoms with van der Waals surface area (Å²) in [5, 5.41) is 8.55. The normalized spacial score (nSPS) is 17.2. The smallest absolute Gasteiger partial charge is 0.305 e. The van der Waals surface area contributed by atoms with Crippen molar-refractivity contribution in [2.75, 3.05) is 19.7 Å². The van der Waals surface area contributed by atoms with Crippen LogP contribution in [-0.4, -0.2) is 41.8 Å². The number of carboxylic acid groups (broad SMARTS) is 1. The van der Waals surface area contributed by atoms with E-state index in [2.05, 4.69) is 4.90 Å². The molecule has 0 spiro atoms. The predicted octanol–water partition coefficient (Wildman–Crippen LogP) is 2.28. The molecular weight excluding hydrogens is 261 g/mol. The van der Waals surface area contributed by atoms with Gasteiger partial charge in [0, 0.05) is 25.2 Å². The maximum absolute atomic E-state index is 13.6. The Morgan fingerprint density at radius 1 is 1.35 bits per heavy atom. The fourth-order valence-corrected chi connectivity index (χ4v) is 2.41. The summed E-state index contributed by atoms with van der Waals surface area (Å²) in [4.78, 5) is 12.6. The standard InChI is InChI=1S/C15H20FNO3/c16-14-4-2-1-3-12(14)11-17-8-5-13(6-9-17)20-10-7-15(18)19/h1-4,13H,5-11H2,(H,18,19). The number of carbonyl (C=O) groups is 1. The van der Waals surface area contributed by atoms with E-state index in [9.17, 15) is 9.18 Å². The first-order chi connectivity index (χ1) is 9.65. The third-order valence-electron chi connectivity index (χ3n) is 3.56. The lowest BCUT2D eigenvalue weighted by molar-refractivity contribution is -0.138. The fraction of sp³-hybridized carbons (Fsp3) is 0.533. The predicted molar refractivity (Wildman–Crippen MR) is 72.9 cm³/mol. The van der Waals surface area contributed by atoms with Gasteiger partial charge < -0.3 is 9.84 Å². The van der Waals surface area contributed by atoms with Crippen LogP contribution in [0.2, 0.25) is 0 Å². The topological polar surface area (TPSA) is 49.8 Å². The van der Waals surface area contributed by atoms with Crippen LogP contribution in [0.4, 0.5) is 4.39 Å². The number of carboxylic acids is 1. The molecule has 5 heteroatoms. The molecule has 0 radical (unpaired) electrons. The second kappa shape index (κ2) is 7.36. The van der Waals surface area contributed by atoms with E-state index in [0.29, 0.717) is 6.54 Å². The summed E-state index contributed by atoms with van der Waals surface area (Å²) in [7, 11) is 0. The molecule has 110 valence electrons. The molecule has 1 N–H and O–H groups in total. The molecule has 2 rings (SSSR count). The zero-order chi connectivity index (χ0) is 14.4. The van der Waals surface area contributed by atoms with Crippen LogP contribution in [0.25, 0.3) is 0 Å². The monoisotopic (exact) mass is 281 g/mol. The molecule has 1 aromatic rings. The number of ether oxygens (including phenoxy) is 1. The number of benzene rings is 1. The third kappa shape index (κ3) is 4.58. The van der Waals surface area contributed by atoms with Gasteiger partial charge in [-0.3, -0.25) is 9.69 Å². The Balaban J connectivity index is 1.72. The maximum atomic E-state index is 13.6. The van der Waals surface area contributed by atoms with E-state index in [4.69, 9.17) is 9.84 Å². The molecule has 0 aliphatic carbocycles. The average Bonchev–Trinajstić information content (AvgIpc) is 2.43. The quantitative estimate of drug-likeness (QED) is 0.869. The lowest BCUT2D eigenvalue weighted by atomic mass is 10.1. The molecule has 1 saturated heterocycles. The first-order valence-electron chi connectivity index (χ1n) is 6.94. The van der Waals surface area contributed by atoms with Crippen molar-refractivity contribution in [2.24, 2.45) is 0 Å². The molecular formula is C15H20FNO3. The highest BCUT2D eigenvalue weighted by Crippen LogP contribution is 2.17. The largest absolute Gasteiger partial charge is 0.481 e. The molecule has 0 saturated carbocycles. The van der Waals surface area contributed by atoms with Gasteiger partial charge in [-0.25, -0.2) is 4.39 Å². The van der Waals surface area contributed by atoms with Gasteiger partial charge >= 0.3 is 5.97 Å². The minimum Gasteiger partial charge on any atom is -0.481 e. The number of piperidine rings is 1. The summed E-state index contributed by atoms with van der Waals surface area (Å²) in [5.41, 5.74) is 0.720. The van der Waals surface area contributed by atoms with Gasteiger partial charge in [0.2, 0.25) is 0 Å². The Hall–Kier alpha value is -1.46. The highest BCUT2D eigenvalue weighted by Gasteiger charge is 2.20. The summed E-state index contributed by atoms with van der Waals surface area (Å²) in [6.07, 6.45) is 1.92. The van der Waals surface area contributed by atoms with Crippen molar-refractivity contribution >= 4 is 5.97 Å². The first kappa shape index (κ1) is 14.9. The molecule has 0 unspecified atom stereocenters. The Labute approximate surface area is 118 Å². The number of nitrogens with zero attached hydrogens (tertiary/aromatic N) is 1. The van der Waals surface area contributed by atoms with Crippen molar-refractivity contribution in [3.63, 3.8) is 0 Å². The van der Waals surface area contributed by atoms with Gasteiger partial charge in [0.1, 0.15) is 5.82 Å². The van der Waals surface area contributed by atoms with Gasteiger partial charge in [-0.2, -0.15) is 0 Å². The van der Waals surface area contributed by atoms with Crippen molar-refractivity contribution in [2.45, 2.75) is 31.9 Å². The molecule has 1 aliphatic rings. The molecule has 1 aromatic carbocycles. The van der Waals surface area contributed by atoms with Crippen LogP contribution in [0.3, 0.4) is 0 Å². The number of hydrogen-bond acceptors (Lipinski definition) is 3. The van der Waals surface area contributed by atoms with Crippen LogP contribution in [0, 0.1) is 5.82 Å². The third-order valence-corrected chi connectivity index (χ3v) is 3.56. The van der Waals surface area contributed by atoms with Gasteiger partial charge in [0.15, 0.2) is 0 Å². The van der Waals surface area contributed by atoms with Crippen molar-refractivity contribution in [1.29, 1.82) is 0 Å². The number of rotatable bonds is 6. The molecule has 4 nitrogen and oxygen atoms in total. The van der Waals surface area contributed by atoms with Crippen LogP contribution in [-0.2, 0) is 16.1 Å². The van der Waals surface area contributed by atoms with Crippen molar-refractivity contribution in [3.05, 3.63) is 35.6 Å². The number of halogens is 1. The van der Waals surface area contributed by atoms with Crippen molar-refractivity contribution in [1.82, 2.24) is 4.90 Å². The summed E-state index contributed by atoms with van der Waals surface area (Å²) in [6.45, 7) is 2.60. The zero-order valence-electron chi connectivity index (χ0n) is 11.4.